The first-order valence-electron chi connectivity index (χ1n) is 6.94. The van der Waals surface area contributed by atoms with Crippen LogP contribution in [-0.2, 0) is 10.9 Å². The van der Waals surface area contributed by atoms with E-state index in [0.717, 1.165) is 21.5 Å². The SMILES string of the molecule is Cc1cc(C)c(C=POCCc2ccccc2)c(C)c1. The zero-order valence-corrected chi connectivity index (χ0v) is 13.3. The van der Waals surface area contributed by atoms with Crippen LogP contribution in [0.2, 0.25) is 0 Å². The zero-order valence-electron chi connectivity index (χ0n) is 12.4. The summed E-state index contributed by atoms with van der Waals surface area (Å²) in [6.07, 6.45) is 0.966. The molecule has 0 amide bonds. The average Bonchev–Trinajstić information content (AvgIpc) is 2.42. The van der Waals surface area contributed by atoms with Gasteiger partial charge in [0.15, 0.2) is 0 Å². The summed E-state index contributed by atoms with van der Waals surface area (Å²) in [6, 6.07) is 14.9. The van der Waals surface area contributed by atoms with Crippen molar-refractivity contribution in [3.63, 3.8) is 0 Å². The zero-order chi connectivity index (χ0) is 14.4. The minimum Gasteiger partial charge on any atom is -0.326 e. The van der Waals surface area contributed by atoms with Crippen molar-refractivity contribution in [2.45, 2.75) is 27.2 Å². The quantitative estimate of drug-likeness (QED) is 0.561. The normalized spacial score (nSPS) is 11.2. The minimum absolute atomic E-state index is 0.756. The van der Waals surface area contributed by atoms with Crippen molar-refractivity contribution >= 4 is 14.2 Å². The van der Waals surface area contributed by atoms with Crippen LogP contribution in [0.5, 0.6) is 0 Å². The monoisotopic (exact) mass is 284 g/mol. The van der Waals surface area contributed by atoms with E-state index in [1.807, 2.05) is 6.07 Å². The van der Waals surface area contributed by atoms with Gasteiger partial charge in [0.1, 0.15) is 0 Å². The van der Waals surface area contributed by atoms with E-state index in [4.69, 9.17) is 4.52 Å². The van der Waals surface area contributed by atoms with E-state index in [1.54, 1.807) is 0 Å². The number of aryl methyl sites for hydroxylation is 3. The highest BCUT2D eigenvalue weighted by Gasteiger charge is 2.00. The number of rotatable bonds is 5. The van der Waals surface area contributed by atoms with E-state index in [-0.39, 0.29) is 0 Å². The molecule has 0 saturated heterocycles. The smallest absolute Gasteiger partial charge is 0.0615 e. The third-order valence-corrected chi connectivity index (χ3v) is 4.01. The van der Waals surface area contributed by atoms with Crippen LogP contribution in [0, 0.1) is 20.8 Å². The van der Waals surface area contributed by atoms with Gasteiger partial charge in [0.05, 0.1) is 15.0 Å². The van der Waals surface area contributed by atoms with Crippen LogP contribution >= 0.6 is 8.43 Å². The summed E-state index contributed by atoms with van der Waals surface area (Å²) < 4.78 is 5.70. The van der Waals surface area contributed by atoms with Crippen LogP contribution in [-0.4, -0.2) is 12.4 Å². The predicted octanol–water partition coefficient (Wildman–Crippen LogP) is 4.88. The van der Waals surface area contributed by atoms with Gasteiger partial charge >= 0.3 is 0 Å². The Balaban J connectivity index is 1.88. The molecule has 0 aromatic heterocycles. The van der Waals surface area contributed by atoms with Gasteiger partial charge in [0.2, 0.25) is 0 Å². The molecule has 20 heavy (non-hydrogen) atoms. The van der Waals surface area contributed by atoms with Gasteiger partial charge in [-0.25, -0.2) is 0 Å². The third kappa shape index (κ3) is 4.30. The van der Waals surface area contributed by atoms with E-state index < -0.39 is 0 Å². The van der Waals surface area contributed by atoms with E-state index in [2.05, 4.69) is 63.0 Å². The molecular formula is C18H21OP. The Hall–Kier alpha value is -1.43. The molecule has 2 heteroatoms. The van der Waals surface area contributed by atoms with Crippen LogP contribution < -0.4 is 0 Å². The fourth-order valence-corrected chi connectivity index (χ4v) is 3.13. The number of hydrogen-bond acceptors (Lipinski definition) is 1. The Kier molecular flexibility index (Phi) is 5.52. The van der Waals surface area contributed by atoms with Crippen molar-refractivity contribution in [1.29, 1.82) is 0 Å². The van der Waals surface area contributed by atoms with Crippen LogP contribution in [0.4, 0.5) is 0 Å². The van der Waals surface area contributed by atoms with E-state index >= 15 is 0 Å². The highest BCUT2D eigenvalue weighted by atomic mass is 31.1. The van der Waals surface area contributed by atoms with E-state index in [0.29, 0.717) is 0 Å². The Labute approximate surface area is 123 Å². The first kappa shape index (κ1) is 15.0. The highest BCUT2D eigenvalue weighted by Crippen LogP contribution is 2.16. The molecule has 0 saturated carbocycles. The predicted molar refractivity (Wildman–Crippen MR) is 88.8 cm³/mol. The van der Waals surface area contributed by atoms with Crippen LogP contribution in [0.15, 0.2) is 42.5 Å². The number of hydrogen-bond donors (Lipinski definition) is 0. The van der Waals surface area contributed by atoms with Crippen molar-refractivity contribution in [3.05, 3.63) is 70.3 Å². The molecule has 0 aliphatic carbocycles. The van der Waals surface area contributed by atoms with Gasteiger partial charge < -0.3 is 4.52 Å². The van der Waals surface area contributed by atoms with Gasteiger partial charge in [-0.05, 0) is 55.2 Å². The van der Waals surface area contributed by atoms with Gasteiger partial charge in [-0.1, -0.05) is 48.0 Å². The van der Waals surface area contributed by atoms with Crippen molar-refractivity contribution in [2.75, 3.05) is 6.61 Å². The van der Waals surface area contributed by atoms with Crippen LogP contribution in [0.25, 0.3) is 0 Å². The molecule has 0 N–H and O–H groups in total. The lowest BCUT2D eigenvalue weighted by atomic mass is 10.0. The molecule has 2 aromatic rings. The average molecular weight is 284 g/mol. The molecule has 0 fully saturated rings. The van der Waals surface area contributed by atoms with Crippen LogP contribution in [0.3, 0.4) is 0 Å². The lowest BCUT2D eigenvalue weighted by Gasteiger charge is -2.06. The summed E-state index contributed by atoms with van der Waals surface area (Å²) in [7, 11) is 0.930. The molecule has 0 heterocycles. The summed E-state index contributed by atoms with van der Waals surface area (Å²) >= 11 is 0. The largest absolute Gasteiger partial charge is 0.326 e. The van der Waals surface area contributed by atoms with Gasteiger partial charge in [0, 0.05) is 0 Å². The molecule has 1 nitrogen and oxygen atoms in total. The van der Waals surface area contributed by atoms with E-state index in [9.17, 15) is 0 Å². The molecule has 2 rings (SSSR count). The van der Waals surface area contributed by atoms with Crippen molar-refractivity contribution in [2.24, 2.45) is 0 Å². The molecule has 104 valence electrons. The molecule has 0 aliphatic heterocycles. The summed E-state index contributed by atoms with van der Waals surface area (Å²) in [4.78, 5) is 0. The fraction of sp³-hybridized carbons (Fsp3) is 0.278. The van der Waals surface area contributed by atoms with Gasteiger partial charge in [0.25, 0.3) is 0 Å². The second-order valence-corrected chi connectivity index (χ2v) is 5.84. The molecule has 0 bridgehead atoms. The summed E-state index contributed by atoms with van der Waals surface area (Å²) in [5.74, 6) is 2.16. The molecular weight excluding hydrogens is 263 g/mol. The Bertz CT molecular complexity index is 565. The van der Waals surface area contributed by atoms with Crippen molar-refractivity contribution in [3.8, 4) is 0 Å². The topological polar surface area (TPSA) is 9.23 Å². The molecule has 2 aromatic carbocycles. The second kappa shape index (κ2) is 7.38. The maximum Gasteiger partial charge on any atom is 0.0615 e. The first-order chi connectivity index (χ1) is 9.66. The molecule has 0 unspecified atom stereocenters. The lowest BCUT2D eigenvalue weighted by Crippen LogP contribution is -1.94. The van der Waals surface area contributed by atoms with Crippen molar-refractivity contribution in [1.82, 2.24) is 0 Å². The molecule has 0 radical (unpaired) electrons. The maximum absolute atomic E-state index is 5.70. The van der Waals surface area contributed by atoms with E-state index in [1.165, 1.54) is 27.8 Å². The Morgan fingerprint density at radius 3 is 2.30 bits per heavy atom. The molecule has 0 aliphatic rings. The van der Waals surface area contributed by atoms with Crippen molar-refractivity contribution < 1.29 is 4.52 Å². The Morgan fingerprint density at radius 2 is 1.65 bits per heavy atom. The first-order valence-corrected chi connectivity index (χ1v) is 7.82. The third-order valence-electron chi connectivity index (χ3n) is 3.32. The second-order valence-electron chi connectivity index (χ2n) is 5.12. The maximum atomic E-state index is 5.70. The summed E-state index contributed by atoms with van der Waals surface area (Å²) in [6.45, 7) is 7.21. The summed E-state index contributed by atoms with van der Waals surface area (Å²) in [5.41, 5.74) is 6.59. The number of benzene rings is 2. The summed E-state index contributed by atoms with van der Waals surface area (Å²) in [5, 5.41) is 0. The Morgan fingerprint density at radius 1 is 1.00 bits per heavy atom. The highest BCUT2D eigenvalue weighted by molar-refractivity contribution is 7.33. The van der Waals surface area contributed by atoms with Gasteiger partial charge in [-0.2, -0.15) is 0 Å². The molecule has 0 spiro atoms. The minimum atomic E-state index is 0.756. The van der Waals surface area contributed by atoms with Gasteiger partial charge in [-0.15, -0.1) is 0 Å². The van der Waals surface area contributed by atoms with Crippen LogP contribution in [0.1, 0.15) is 27.8 Å². The fourth-order valence-electron chi connectivity index (χ4n) is 2.35. The van der Waals surface area contributed by atoms with Gasteiger partial charge in [-0.3, -0.25) is 0 Å². The lowest BCUT2D eigenvalue weighted by molar-refractivity contribution is 0.375. The standard InChI is InChI=1S/C18H21OP/c1-14-11-15(2)18(16(3)12-14)13-20-19-10-9-17-7-5-4-6-8-17/h4-8,11-13H,9-10H2,1-3H3. The molecule has 0 atom stereocenters.